The molecule has 1 aromatic rings. The molecule has 86 valence electrons. The van der Waals surface area contributed by atoms with Crippen LogP contribution in [0, 0.1) is 0 Å². The van der Waals surface area contributed by atoms with Crippen LogP contribution in [0.5, 0.6) is 0 Å². The number of hydrogen-bond donors (Lipinski definition) is 2. The summed E-state index contributed by atoms with van der Waals surface area (Å²) >= 11 is 11.6. The minimum atomic E-state index is -1.57. The lowest BCUT2D eigenvalue weighted by molar-refractivity contribution is -0.120. The van der Waals surface area contributed by atoms with Gasteiger partial charge in [-0.05, 0) is 24.6 Å². The van der Waals surface area contributed by atoms with Crippen molar-refractivity contribution in [3.05, 3.63) is 34.3 Å². The lowest BCUT2D eigenvalue weighted by Gasteiger charge is -2.20. The van der Waals surface area contributed by atoms with Crippen LogP contribution in [0.4, 0.5) is 0 Å². The number of carbonyl (C=O) groups excluding carboxylic acids is 1. The summed E-state index contributed by atoms with van der Waals surface area (Å²) in [6.07, 6.45) is 0. The van der Waals surface area contributed by atoms with Crippen molar-refractivity contribution in [1.29, 1.82) is 0 Å². The Bertz CT molecular complexity index is 457. The Morgan fingerprint density at radius 3 is 2.44 bits per heavy atom. The van der Waals surface area contributed by atoms with E-state index in [1.807, 2.05) is 0 Å². The van der Waals surface area contributed by atoms with Gasteiger partial charge in [-0.25, -0.2) is 4.79 Å². The summed E-state index contributed by atoms with van der Waals surface area (Å²) in [5, 5.41) is 9.21. The van der Waals surface area contributed by atoms with Gasteiger partial charge in [-0.2, -0.15) is 0 Å². The molecule has 0 heterocycles. The summed E-state index contributed by atoms with van der Waals surface area (Å²) in [7, 11) is 0. The molecular formula is C10H9Cl2NO3. The Morgan fingerprint density at radius 2 is 2.00 bits per heavy atom. The zero-order chi connectivity index (χ0) is 12.5. The minimum absolute atomic E-state index is 0.124. The Morgan fingerprint density at radius 1 is 1.44 bits per heavy atom. The summed E-state index contributed by atoms with van der Waals surface area (Å²) in [6.45, 7) is 1.34. The molecule has 1 atom stereocenters. The normalized spacial score (nSPS) is 14.2. The number of halogens is 2. The largest absolute Gasteiger partial charge is 0.478 e. The molecule has 0 bridgehead atoms. The fraction of sp³-hybridized carbons (Fsp3) is 0.200. The number of carbonyl (C=O) groups is 2. The lowest BCUT2D eigenvalue weighted by Crippen LogP contribution is -2.34. The van der Waals surface area contributed by atoms with Crippen LogP contribution in [0.2, 0.25) is 5.02 Å². The van der Waals surface area contributed by atoms with E-state index in [0.29, 0.717) is 0 Å². The van der Waals surface area contributed by atoms with Crippen LogP contribution in [0.15, 0.2) is 18.2 Å². The van der Waals surface area contributed by atoms with Gasteiger partial charge in [0.05, 0.1) is 5.56 Å². The fourth-order valence-corrected chi connectivity index (χ4v) is 1.57. The standard InChI is InChI=1S/C10H9Cl2NO3/c1-10(12,9(13)16)7-3-2-5(11)4-6(7)8(14)15/h2-4H,1H3,(H2,13,16)(H,14,15)/t10-/m0/s1. The summed E-state index contributed by atoms with van der Waals surface area (Å²) in [4.78, 5) is 20.5. The molecule has 0 aliphatic heterocycles. The molecule has 3 N–H and O–H groups in total. The van der Waals surface area contributed by atoms with Crippen molar-refractivity contribution in [2.45, 2.75) is 11.8 Å². The molecular weight excluding hydrogens is 253 g/mol. The second-order valence-corrected chi connectivity index (χ2v) is 4.55. The number of benzene rings is 1. The van der Waals surface area contributed by atoms with Gasteiger partial charge in [0.25, 0.3) is 0 Å². The number of nitrogens with two attached hydrogens (primary N) is 1. The highest BCUT2D eigenvalue weighted by Gasteiger charge is 2.34. The highest BCUT2D eigenvalue weighted by molar-refractivity contribution is 6.35. The highest BCUT2D eigenvalue weighted by atomic mass is 35.5. The van der Waals surface area contributed by atoms with Crippen LogP contribution >= 0.6 is 23.2 Å². The molecule has 1 amide bonds. The molecule has 0 aromatic heterocycles. The minimum Gasteiger partial charge on any atom is -0.478 e. The van der Waals surface area contributed by atoms with Crippen molar-refractivity contribution < 1.29 is 14.7 Å². The van der Waals surface area contributed by atoms with Gasteiger partial charge in [-0.15, -0.1) is 11.6 Å². The molecule has 1 rings (SSSR count). The first kappa shape index (κ1) is 12.8. The summed E-state index contributed by atoms with van der Waals surface area (Å²) in [5.74, 6) is -2.04. The number of rotatable bonds is 3. The third-order valence-electron chi connectivity index (χ3n) is 2.18. The summed E-state index contributed by atoms with van der Waals surface area (Å²) in [6, 6.07) is 4.05. The smallest absolute Gasteiger partial charge is 0.336 e. The van der Waals surface area contributed by atoms with Crippen LogP contribution in [-0.4, -0.2) is 17.0 Å². The Hall–Kier alpha value is -1.26. The number of primary amides is 1. The summed E-state index contributed by atoms with van der Waals surface area (Å²) < 4.78 is 0. The van der Waals surface area contributed by atoms with Crippen LogP contribution in [0.3, 0.4) is 0 Å². The molecule has 0 saturated carbocycles. The molecule has 4 nitrogen and oxygen atoms in total. The van der Waals surface area contributed by atoms with Crippen molar-refractivity contribution in [3.63, 3.8) is 0 Å². The van der Waals surface area contributed by atoms with Gasteiger partial charge >= 0.3 is 5.97 Å². The number of carboxylic acids is 1. The van der Waals surface area contributed by atoms with E-state index in [2.05, 4.69) is 0 Å². The number of amides is 1. The van der Waals surface area contributed by atoms with Gasteiger partial charge in [-0.3, -0.25) is 4.79 Å². The van der Waals surface area contributed by atoms with E-state index in [-0.39, 0.29) is 16.1 Å². The van der Waals surface area contributed by atoms with Gasteiger partial charge in [0, 0.05) is 5.02 Å². The second kappa shape index (κ2) is 4.31. The average molecular weight is 262 g/mol. The van der Waals surface area contributed by atoms with Gasteiger partial charge in [0.1, 0.15) is 4.87 Å². The maximum Gasteiger partial charge on any atom is 0.336 e. The number of carboxylic acid groups (broad SMARTS) is 1. The Kier molecular flexibility index (Phi) is 3.45. The molecule has 1 aromatic carbocycles. The van der Waals surface area contributed by atoms with Gasteiger partial charge in [0.15, 0.2) is 0 Å². The summed E-state index contributed by atoms with van der Waals surface area (Å²) in [5.41, 5.74) is 5.10. The first-order valence-electron chi connectivity index (χ1n) is 4.29. The molecule has 16 heavy (non-hydrogen) atoms. The average Bonchev–Trinajstić information content (AvgIpc) is 2.16. The van der Waals surface area contributed by atoms with E-state index < -0.39 is 16.8 Å². The topological polar surface area (TPSA) is 80.4 Å². The first-order valence-corrected chi connectivity index (χ1v) is 5.04. The zero-order valence-electron chi connectivity index (χ0n) is 8.33. The van der Waals surface area contributed by atoms with Gasteiger partial charge < -0.3 is 10.8 Å². The highest BCUT2D eigenvalue weighted by Crippen LogP contribution is 2.32. The second-order valence-electron chi connectivity index (χ2n) is 3.36. The maximum absolute atomic E-state index is 11.1. The van der Waals surface area contributed by atoms with E-state index in [1.165, 1.54) is 25.1 Å². The molecule has 0 spiro atoms. The van der Waals surface area contributed by atoms with Crippen LogP contribution in [0.1, 0.15) is 22.8 Å². The van der Waals surface area contributed by atoms with Crippen molar-refractivity contribution in [3.8, 4) is 0 Å². The van der Waals surface area contributed by atoms with Crippen molar-refractivity contribution in [2.75, 3.05) is 0 Å². The molecule has 0 fully saturated rings. The molecule has 0 unspecified atom stereocenters. The third kappa shape index (κ3) is 2.28. The van der Waals surface area contributed by atoms with E-state index in [0.717, 1.165) is 0 Å². The zero-order valence-corrected chi connectivity index (χ0v) is 9.84. The van der Waals surface area contributed by atoms with Crippen molar-refractivity contribution in [2.24, 2.45) is 5.73 Å². The number of alkyl halides is 1. The Labute approximate surface area is 102 Å². The van der Waals surface area contributed by atoms with Crippen LogP contribution < -0.4 is 5.73 Å². The van der Waals surface area contributed by atoms with E-state index in [9.17, 15) is 9.59 Å². The molecule has 0 aliphatic rings. The van der Waals surface area contributed by atoms with Crippen LogP contribution in [-0.2, 0) is 9.67 Å². The number of hydrogen-bond acceptors (Lipinski definition) is 2. The monoisotopic (exact) mass is 261 g/mol. The van der Waals surface area contributed by atoms with E-state index in [4.69, 9.17) is 34.0 Å². The fourth-order valence-electron chi connectivity index (χ4n) is 1.24. The molecule has 6 heteroatoms. The molecule has 0 aliphatic carbocycles. The predicted octanol–water partition coefficient (Wildman–Crippen LogP) is 1.98. The van der Waals surface area contributed by atoms with E-state index >= 15 is 0 Å². The van der Waals surface area contributed by atoms with E-state index in [1.54, 1.807) is 0 Å². The van der Waals surface area contributed by atoms with Crippen LogP contribution in [0.25, 0.3) is 0 Å². The first-order chi connectivity index (χ1) is 7.26. The quantitative estimate of drug-likeness (QED) is 0.817. The SMILES string of the molecule is C[C@@](Cl)(C(N)=O)c1ccc(Cl)cc1C(=O)O. The predicted molar refractivity (Wildman–Crippen MR) is 60.8 cm³/mol. The molecule has 0 radical (unpaired) electrons. The number of aromatic carboxylic acids is 1. The lowest BCUT2D eigenvalue weighted by atomic mass is 9.94. The third-order valence-corrected chi connectivity index (χ3v) is 2.81. The Balaban J connectivity index is 3.45. The van der Waals surface area contributed by atoms with Gasteiger partial charge in [-0.1, -0.05) is 17.7 Å². The maximum atomic E-state index is 11.1. The van der Waals surface area contributed by atoms with Gasteiger partial charge in [0.2, 0.25) is 5.91 Å². The molecule has 0 saturated heterocycles. The van der Waals surface area contributed by atoms with Crippen molar-refractivity contribution >= 4 is 35.1 Å². The van der Waals surface area contributed by atoms with Crippen molar-refractivity contribution in [1.82, 2.24) is 0 Å².